The van der Waals surface area contributed by atoms with E-state index < -0.39 is 18.3 Å². The van der Waals surface area contributed by atoms with Gasteiger partial charge in [0.15, 0.2) is 0 Å². The molecule has 118 valence electrons. The Kier molecular flexibility index (Phi) is 4.10. The molecule has 1 heterocycles. The zero-order valence-corrected chi connectivity index (χ0v) is 12.3. The van der Waals surface area contributed by atoms with E-state index >= 15 is 0 Å². The van der Waals surface area contributed by atoms with Gasteiger partial charge in [-0.1, -0.05) is 30.3 Å². The number of para-hydroxylation sites is 1. The second-order valence-electron chi connectivity index (χ2n) is 5.22. The van der Waals surface area contributed by atoms with Crippen LogP contribution in [-0.4, -0.2) is 32.3 Å². The first-order valence-corrected chi connectivity index (χ1v) is 7.22. The Bertz CT molecular complexity index is 944. The fourth-order valence-corrected chi connectivity index (χ4v) is 2.56. The average molecular weight is 312 g/mol. The fourth-order valence-electron chi connectivity index (χ4n) is 2.56. The van der Waals surface area contributed by atoms with Crippen molar-refractivity contribution in [2.75, 3.05) is 6.61 Å². The second-order valence-corrected chi connectivity index (χ2v) is 5.22. The molecule has 0 aliphatic heterocycles. The molecule has 0 aliphatic rings. The molecule has 2 aromatic carbocycles. The topological polar surface area (TPSA) is 84.5 Å². The third kappa shape index (κ3) is 2.69. The Morgan fingerprint density at radius 3 is 2.04 bits per heavy atom. The third-order valence-corrected chi connectivity index (χ3v) is 3.65. The number of aliphatic hydroxyl groups is 2. The van der Waals surface area contributed by atoms with Crippen LogP contribution in [0.5, 0.6) is 0 Å². The van der Waals surface area contributed by atoms with Gasteiger partial charge in [-0.05, 0) is 24.3 Å². The highest BCUT2D eigenvalue weighted by atomic mass is 16.3. The predicted molar refractivity (Wildman–Crippen MR) is 86.9 cm³/mol. The van der Waals surface area contributed by atoms with Crippen LogP contribution in [0.1, 0.15) is 0 Å². The Morgan fingerprint density at radius 2 is 1.43 bits per heavy atom. The van der Waals surface area contributed by atoms with Gasteiger partial charge in [0, 0.05) is 0 Å². The van der Waals surface area contributed by atoms with Crippen molar-refractivity contribution in [3.63, 3.8) is 0 Å². The maximum Gasteiger partial charge on any atom is 0.278 e. The van der Waals surface area contributed by atoms with E-state index in [4.69, 9.17) is 5.11 Å². The summed E-state index contributed by atoms with van der Waals surface area (Å²) < 4.78 is 2.41. The molecule has 1 aromatic heterocycles. The van der Waals surface area contributed by atoms with Crippen LogP contribution in [0.25, 0.3) is 16.5 Å². The van der Waals surface area contributed by atoms with Crippen molar-refractivity contribution in [3.05, 3.63) is 75.3 Å². The highest BCUT2D eigenvalue weighted by molar-refractivity contribution is 5.80. The molecule has 0 spiro atoms. The summed E-state index contributed by atoms with van der Waals surface area (Å²) in [6, 6.07) is 15.3. The summed E-state index contributed by atoms with van der Waals surface area (Å²) in [5.74, 6) is 0. The summed E-state index contributed by atoms with van der Waals surface area (Å²) in [6.07, 6.45) is -1.14. The maximum atomic E-state index is 12.8. The minimum atomic E-state index is -1.14. The van der Waals surface area contributed by atoms with Gasteiger partial charge in [-0.15, -0.1) is 0 Å². The number of aromatic nitrogens is 2. The Labute approximate surface area is 131 Å². The summed E-state index contributed by atoms with van der Waals surface area (Å²) in [5.41, 5.74) is -0.224. The van der Waals surface area contributed by atoms with E-state index in [0.717, 1.165) is 0 Å². The lowest BCUT2D eigenvalue weighted by molar-refractivity contribution is 0.0750. The normalized spacial score (nSPS) is 12.4. The zero-order chi connectivity index (χ0) is 16.4. The first-order valence-electron chi connectivity index (χ1n) is 7.22. The molecule has 0 aliphatic carbocycles. The van der Waals surface area contributed by atoms with Crippen molar-refractivity contribution in [2.45, 2.75) is 12.6 Å². The molecule has 3 aromatic rings. The monoisotopic (exact) mass is 312 g/mol. The van der Waals surface area contributed by atoms with Crippen LogP contribution in [0.15, 0.2) is 64.2 Å². The van der Waals surface area contributed by atoms with E-state index in [-0.39, 0.29) is 17.5 Å². The lowest BCUT2D eigenvalue weighted by atomic mass is 10.2. The highest BCUT2D eigenvalue weighted by Gasteiger charge is 2.16. The number of hydrogen-bond donors (Lipinski definition) is 2. The molecule has 0 unspecified atom stereocenters. The van der Waals surface area contributed by atoms with Gasteiger partial charge < -0.3 is 10.2 Å². The molecule has 0 saturated heterocycles. The Hall–Kier alpha value is -2.70. The van der Waals surface area contributed by atoms with Gasteiger partial charge in [0.1, 0.15) is 0 Å². The van der Waals surface area contributed by atoms with Crippen LogP contribution in [-0.2, 0) is 6.54 Å². The summed E-state index contributed by atoms with van der Waals surface area (Å²) in [4.78, 5) is 25.6. The van der Waals surface area contributed by atoms with Crippen LogP contribution < -0.4 is 11.1 Å². The van der Waals surface area contributed by atoms with Crippen molar-refractivity contribution in [3.8, 4) is 5.69 Å². The summed E-state index contributed by atoms with van der Waals surface area (Å²) in [5, 5.41) is 19.4. The van der Waals surface area contributed by atoms with Gasteiger partial charge in [0.2, 0.25) is 0 Å². The molecule has 0 amide bonds. The van der Waals surface area contributed by atoms with Crippen LogP contribution in [0.2, 0.25) is 0 Å². The fraction of sp³-hybridized carbons (Fsp3) is 0.176. The molecular weight excluding hydrogens is 296 g/mol. The standard InChI is InChI=1S/C17H16N2O4/c20-11-13(21)10-18-16(22)14-8-4-5-9-15(14)17(23)19(18)12-6-2-1-3-7-12/h1-9,13,20-21H,10-11H2/t13-/m1/s1. The SMILES string of the molecule is O=c1c2ccccc2c(=O)n(-c2ccccc2)n1C[C@@H](O)CO. The Morgan fingerprint density at radius 1 is 0.870 bits per heavy atom. The average Bonchev–Trinajstić information content (AvgIpc) is 2.60. The minimum Gasteiger partial charge on any atom is -0.394 e. The number of fused-ring (bicyclic) bond motifs is 1. The first kappa shape index (κ1) is 15.2. The third-order valence-electron chi connectivity index (χ3n) is 3.65. The van der Waals surface area contributed by atoms with Crippen molar-refractivity contribution in [1.29, 1.82) is 0 Å². The molecule has 3 rings (SSSR count). The lowest BCUT2D eigenvalue weighted by Gasteiger charge is -2.18. The first-order chi connectivity index (χ1) is 11.1. The molecule has 0 radical (unpaired) electrons. The molecule has 0 fully saturated rings. The van der Waals surface area contributed by atoms with Crippen LogP contribution >= 0.6 is 0 Å². The van der Waals surface area contributed by atoms with Gasteiger partial charge >= 0.3 is 0 Å². The summed E-state index contributed by atoms with van der Waals surface area (Å²) in [6.45, 7) is -0.674. The number of hydrogen-bond acceptors (Lipinski definition) is 4. The van der Waals surface area contributed by atoms with Crippen molar-refractivity contribution >= 4 is 10.8 Å². The maximum absolute atomic E-state index is 12.8. The molecule has 2 N–H and O–H groups in total. The van der Waals surface area contributed by atoms with Gasteiger partial charge in [0.25, 0.3) is 11.1 Å². The van der Waals surface area contributed by atoms with Gasteiger partial charge in [-0.3, -0.25) is 9.59 Å². The number of aliphatic hydroxyl groups excluding tert-OH is 2. The van der Waals surface area contributed by atoms with Gasteiger partial charge in [0.05, 0.1) is 35.7 Å². The molecule has 6 nitrogen and oxygen atoms in total. The highest BCUT2D eigenvalue weighted by Crippen LogP contribution is 2.09. The molecule has 0 saturated carbocycles. The molecule has 6 heteroatoms. The van der Waals surface area contributed by atoms with Crippen LogP contribution in [0.3, 0.4) is 0 Å². The number of rotatable bonds is 4. The van der Waals surface area contributed by atoms with E-state index in [1.165, 1.54) is 9.36 Å². The van der Waals surface area contributed by atoms with E-state index in [2.05, 4.69) is 0 Å². The van der Waals surface area contributed by atoms with E-state index in [9.17, 15) is 14.7 Å². The summed E-state index contributed by atoms with van der Waals surface area (Å²) in [7, 11) is 0. The Balaban J connectivity index is 2.40. The van der Waals surface area contributed by atoms with Crippen molar-refractivity contribution in [2.24, 2.45) is 0 Å². The van der Waals surface area contributed by atoms with Crippen molar-refractivity contribution in [1.82, 2.24) is 9.36 Å². The second kappa shape index (κ2) is 6.20. The number of benzene rings is 2. The largest absolute Gasteiger partial charge is 0.394 e. The van der Waals surface area contributed by atoms with Crippen LogP contribution in [0.4, 0.5) is 0 Å². The van der Waals surface area contributed by atoms with Gasteiger partial charge in [-0.25, -0.2) is 9.36 Å². The number of nitrogens with zero attached hydrogens (tertiary/aromatic N) is 2. The minimum absolute atomic E-state index is 0.176. The van der Waals surface area contributed by atoms with E-state index in [1.807, 2.05) is 0 Å². The molecular formula is C17H16N2O4. The quantitative estimate of drug-likeness (QED) is 0.735. The van der Waals surface area contributed by atoms with E-state index in [0.29, 0.717) is 11.1 Å². The lowest BCUT2D eigenvalue weighted by Crippen LogP contribution is -2.41. The summed E-state index contributed by atoms with van der Waals surface area (Å²) >= 11 is 0. The molecule has 0 bridgehead atoms. The molecule has 1 atom stereocenters. The van der Waals surface area contributed by atoms with Crippen molar-refractivity contribution < 1.29 is 10.2 Å². The molecule has 23 heavy (non-hydrogen) atoms. The van der Waals surface area contributed by atoms with Crippen LogP contribution in [0, 0.1) is 0 Å². The predicted octanol–water partition coefficient (Wildman–Crippen LogP) is 0.506. The smallest absolute Gasteiger partial charge is 0.278 e. The van der Waals surface area contributed by atoms with E-state index in [1.54, 1.807) is 54.6 Å². The zero-order valence-electron chi connectivity index (χ0n) is 12.3. The van der Waals surface area contributed by atoms with Gasteiger partial charge in [-0.2, -0.15) is 0 Å².